The topological polar surface area (TPSA) is 108 Å². The van der Waals surface area contributed by atoms with Gasteiger partial charge in [0.15, 0.2) is 28.5 Å². The summed E-state index contributed by atoms with van der Waals surface area (Å²) in [6.07, 6.45) is 1.82. The molecule has 36 heavy (non-hydrogen) atoms. The second-order valence-electron chi connectivity index (χ2n) is 8.31. The van der Waals surface area contributed by atoms with E-state index in [-0.39, 0.29) is 5.91 Å². The van der Waals surface area contributed by atoms with Crippen molar-refractivity contribution in [2.24, 2.45) is 0 Å². The first-order valence-corrected chi connectivity index (χ1v) is 11.6. The van der Waals surface area contributed by atoms with Gasteiger partial charge in [0.2, 0.25) is 5.91 Å². The Morgan fingerprint density at radius 1 is 0.917 bits per heavy atom. The lowest BCUT2D eigenvalue weighted by Crippen LogP contribution is -2.49. The van der Waals surface area contributed by atoms with Crippen LogP contribution in [0.5, 0.6) is 17.2 Å². The van der Waals surface area contributed by atoms with Crippen LogP contribution >= 0.6 is 0 Å². The molecule has 1 fully saturated rings. The van der Waals surface area contributed by atoms with Gasteiger partial charge >= 0.3 is 0 Å². The van der Waals surface area contributed by atoms with Crippen molar-refractivity contribution in [3.63, 3.8) is 0 Å². The van der Waals surface area contributed by atoms with Gasteiger partial charge in [-0.2, -0.15) is 4.68 Å². The van der Waals surface area contributed by atoms with E-state index < -0.39 is 0 Å². The fourth-order valence-electron chi connectivity index (χ4n) is 4.33. The number of nitrogens with zero attached hydrogens (tertiary/aromatic N) is 7. The van der Waals surface area contributed by atoms with Crippen LogP contribution in [0, 0.1) is 0 Å². The standard InChI is InChI=1S/C25H27N7O4/c1-34-19-6-4-5-18(15-19)32-25-23(28-29-32)24(26-16-27-25)31-11-9-30(10-12-31)22(33)14-17-7-8-20(35-2)21(13-17)36-3/h4-8,13,15-16H,9-12,14H2,1-3H3. The molecule has 0 N–H and O–H groups in total. The Kier molecular flexibility index (Phi) is 6.52. The number of benzene rings is 2. The average Bonchev–Trinajstić information content (AvgIpc) is 3.37. The molecule has 0 atom stereocenters. The molecular formula is C25H27N7O4. The van der Waals surface area contributed by atoms with Gasteiger partial charge in [-0.25, -0.2) is 9.97 Å². The maximum atomic E-state index is 13.0. The number of hydrogen-bond donors (Lipinski definition) is 0. The highest BCUT2D eigenvalue weighted by Gasteiger charge is 2.25. The number of hydrogen-bond acceptors (Lipinski definition) is 9. The van der Waals surface area contributed by atoms with Gasteiger partial charge in [-0.05, 0) is 29.8 Å². The number of aromatic nitrogens is 5. The Labute approximate surface area is 208 Å². The SMILES string of the molecule is COc1cccc(-n2nnc3c(N4CCN(C(=O)Cc5ccc(OC)c(OC)c5)CC4)ncnc32)c1. The van der Waals surface area contributed by atoms with E-state index in [1.54, 1.807) is 26.0 Å². The molecule has 0 aliphatic carbocycles. The molecule has 186 valence electrons. The molecule has 0 saturated carbocycles. The molecule has 11 nitrogen and oxygen atoms in total. The number of ether oxygens (including phenoxy) is 3. The number of rotatable bonds is 7. The lowest BCUT2D eigenvalue weighted by Gasteiger charge is -2.35. The summed E-state index contributed by atoms with van der Waals surface area (Å²) in [5, 5.41) is 8.68. The van der Waals surface area contributed by atoms with Crippen LogP contribution in [0.2, 0.25) is 0 Å². The molecule has 11 heteroatoms. The third-order valence-corrected chi connectivity index (χ3v) is 6.25. The van der Waals surface area contributed by atoms with Crippen molar-refractivity contribution in [3.05, 3.63) is 54.4 Å². The predicted octanol–water partition coefficient (Wildman–Crippen LogP) is 2.13. The van der Waals surface area contributed by atoms with Crippen molar-refractivity contribution in [2.75, 3.05) is 52.4 Å². The van der Waals surface area contributed by atoms with Crippen LogP contribution in [0.25, 0.3) is 16.9 Å². The van der Waals surface area contributed by atoms with Crippen molar-refractivity contribution in [1.29, 1.82) is 0 Å². The second kappa shape index (κ2) is 10.1. The van der Waals surface area contributed by atoms with Crippen molar-refractivity contribution in [1.82, 2.24) is 29.9 Å². The van der Waals surface area contributed by atoms with Crippen LogP contribution in [0.3, 0.4) is 0 Å². The monoisotopic (exact) mass is 489 g/mol. The number of amides is 1. The van der Waals surface area contributed by atoms with E-state index in [2.05, 4.69) is 25.2 Å². The van der Waals surface area contributed by atoms with Crippen LogP contribution in [-0.4, -0.2) is 83.3 Å². The van der Waals surface area contributed by atoms with Gasteiger partial charge in [-0.3, -0.25) is 4.79 Å². The molecule has 4 aromatic rings. The molecule has 1 amide bonds. The Bertz CT molecular complexity index is 1380. The van der Waals surface area contributed by atoms with Crippen molar-refractivity contribution < 1.29 is 19.0 Å². The summed E-state index contributed by atoms with van der Waals surface area (Å²) in [4.78, 5) is 25.9. The van der Waals surface area contributed by atoms with Crippen molar-refractivity contribution in [3.8, 4) is 22.9 Å². The molecule has 3 heterocycles. The van der Waals surface area contributed by atoms with Crippen LogP contribution in [-0.2, 0) is 11.2 Å². The number of methoxy groups -OCH3 is 3. The zero-order valence-electron chi connectivity index (χ0n) is 20.4. The number of anilines is 1. The number of piperazine rings is 1. The minimum atomic E-state index is 0.0682. The highest BCUT2D eigenvalue weighted by atomic mass is 16.5. The largest absolute Gasteiger partial charge is 0.497 e. The van der Waals surface area contributed by atoms with E-state index in [1.165, 1.54) is 6.33 Å². The molecule has 1 aliphatic rings. The molecule has 1 aliphatic heterocycles. The second-order valence-corrected chi connectivity index (χ2v) is 8.31. The molecule has 0 spiro atoms. The van der Waals surface area contributed by atoms with Crippen LogP contribution in [0.4, 0.5) is 5.82 Å². The normalized spacial score (nSPS) is 13.6. The van der Waals surface area contributed by atoms with Crippen LogP contribution in [0.1, 0.15) is 5.56 Å². The molecule has 5 rings (SSSR count). The maximum Gasteiger partial charge on any atom is 0.227 e. The lowest BCUT2D eigenvalue weighted by atomic mass is 10.1. The molecule has 1 saturated heterocycles. The van der Waals surface area contributed by atoms with E-state index in [9.17, 15) is 4.79 Å². The van der Waals surface area contributed by atoms with Gasteiger partial charge in [0, 0.05) is 32.2 Å². The first kappa shape index (κ1) is 23.3. The molecule has 0 radical (unpaired) electrons. The van der Waals surface area contributed by atoms with Gasteiger partial charge in [-0.1, -0.05) is 17.3 Å². The number of carbonyl (C=O) groups excluding carboxylic acids is 1. The highest BCUT2D eigenvalue weighted by Crippen LogP contribution is 2.28. The quantitative estimate of drug-likeness (QED) is 0.386. The van der Waals surface area contributed by atoms with Crippen molar-refractivity contribution >= 4 is 22.9 Å². The molecule has 0 bridgehead atoms. The van der Waals surface area contributed by atoms with Crippen LogP contribution < -0.4 is 19.1 Å². The minimum absolute atomic E-state index is 0.0682. The third kappa shape index (κ3) is 4.47. The van der Waals surface area contributed by atoms with Gasteiger partial charge in [0.1, 0.15) is 12.1 Å². The van der Waals surface area contributed by atoms with Crippen molar-refractivity contribution in [2.45, 2.75) is 6.42 Å². The predicted molar refractivity (Wildman–Crippen MR) is 133 cm³/mol. The first-order valence-electron chi connectivity index (χ1n) is 11.6. The van der Waals surface area contributed by atoms with E-state index in [4.69, 9.17) is 14.2 Å². The summed E-state index contributed by atoms with van der Waals surface area (Å²) in [5.74, 6) is 2.75. The van der Waals surface area contributed by atoms with Gasteiger partial charge in [-0.15, -0.1) is 5.10 Å². The summed E-state index contributed by atoms with van der Waals surface area (Å²) in [6, 6.07) is 13.1. The maximum absolute atomic E-state index is 13.0. The summed E-state index contributed by atoms with van der Waals surface area (Å²) >= 11 is 0. The van der Waals surface area contributed by atoms with Gasteiger partial charge in [0.05, 0.1) is 33.4 Å². The molecule has 2 aromatic carbocycles. The molecule has 0 unspecified atom stereocenters. The summed E-state index contributed by atoms with van der Waals surface area (Å²) < 4.78 is 17.6. The van der Waals surface area contributed by atoms with E-state index in [0.717, 1.165) is 17.0 Å². The van der Waals surface area contributed by atoms with Gasteiger partial charge < -0.3 is 24.0 Å². The Hall–Kier alpha value is -4.41. The zero-order chi connectivity index (χ0) is 25.1. The number of carbonyl (C=O) groups is 1. The lowest BCUT2D eigenvalue weighted by molar-refractivity contribution is -0.130. The van der Waals surface area contributed by atoms with E-state index in [0.29, 0.717) is 61.1 Å². The summed E-state index contributed by atoms with van der Waals surface area (Å²) in [6.45, 7) is 2.44. The highest BCUT2D eigenvalue weighted by molar-refractivity contribution is 5.84. The molecule has 2 aromatic heterocycles. The zero-order valence-corrected chi connectivity index (χ0v) is 20.4. The smallest absolute Gasteiger partial charge is 0.227 e. The molecular weight excluding hydrogens is 462 g/mol. The minimum Gasteiger partial charge on any atom is -0.497 e. The number of fused-ring (bicyclic) bond motifs is 1. The van der Waals surface area contributed by atoms with E-state index >= 15 is 0 Å². The average molecular weight is 490 g/mol. The van der Waals surface area contributed by atoms with Gasteiger partial charge in [0.25, 0.3) is 0 Å². The Morgan fingerprint density at radius 3 is 2.47 bits per heavy atom. The Morgan fingerprint density at radius 2 is 1.72 bits per heavy atom. The third-order valence-electron chi connectivity index (χ3n) is 6.25. The summed E-state index contributed by atoms with van der Waals surface area (Å²) in [5.41, 5.74) is 2.91. The van der Waals surface area contributed by atoms with Crippen LogP contribution in [0.15, 0.2) is 48.8 Å². The first-order chi connectivity index (χ1) is 17.6. The summed E-state index contributed by atoms with van der Waals surface area (Å²) in [7, 11) is 4.80. The fourth-order valence-corrected chi connectivity index (χ4v) is 4.33. The Balaban J connectivity index is 1.28. The van der Waals surface area contributed by atoms with E-state index in [1.807, 2.05) is 47.4 Å². The fraction of sp³-hybridized carbons (Fsp3) is 0.320.